The molecule has 0 radical (unpaired) electrons. The Bertz CT molecular complexity index is 534. The summed E-state index contributed by atoms with van der Waals surface area (Å²) in [5.74, 6) is 0.403. The quantitative estimate of drug-likeness (QED) is 0.491. The van der Waals surface area contributed by atoms with Crippen molar-refractivity contribution in [2.24, 2.45) is 0 Å². The van der Waals surface area contributed by atoms with Crippen molar-refractivity contribution in [1.82, 2.24) is 5.32 Å². The fraction of sp³-hybridized carbons (Fsp3) is 0.500. The van der Waals surface area contributed by atoms with Crippen LogP contribution in [0, 0.1) is 0 Å². The lowest BCUT2D eigenvalue weighted by Crippen LogP contribution is -2.31. The molecule has 1 amide bonds. The van der Waals surface area contributed by atoms with Gasteiger partial charge in [0.1, 0.15) is 0 Å². The number of esters is 1. The largest absolute Gasteiger partial charge is 0.493 e. The molecule has 0 heterocycles. The van der Waals surface area contributed by atoms with Gasteiger partial charge >= 0.3 is 5.97 Å². The Balaban J connectivity index is 2.62. The van der Waals surface area contributed by atoms with E-state index in [0.717, 1.165) is 0 Å². The summed E-state index contributed by atoms with van der Waals surface area (Å²) in [6.07, 6.45) is -0.0257. The van der Waals surface area contributed by atoms with Crippen molar-refractivity contribution in [3.63, 3.8) is 0 Å². The number of carbonyl (C=O) groups is 2. The molecule has 0 spiro atoms. The van der Waals surface area contributed by atoms with E-state index in [1.807, 2.05) is 0 Å². The first-order valence-corrected chi connectivity index (χ1v) is 7.25. The molecule has 1 rings (SSSR count). The Morgan fingerprint density at radius 1 is 1.00 bits per heavy atom. The van der Waals surface area contributed by atoms with Crippen LogP contribution in [0.15, 0.2) is 12.1 Å². The average molecular weight is 341 g/mol. The molecule has 0 aliphatic carbocycles. The van der Waals surface area contributed by atoms with Crippen molar-refractivity contribution in [3.05, 3.63) is 17.7 Å². The Morgan fingerprint density at radius 3 is 2.12 bits per heavy atom. The minimum Gasteiger partial charge on any atom is -0.493 e. The van der Waals surface area contributed by atoms with E-state index in [0.29, 0.717) is 36.0 Å². The fourth-order valence-corrected chi connectivity index (χ4v) is 1.94. The molecule has 1 N–H and O–H groups in total. The summed E-state index contributed by atoms with van der Waals surface area (Å²) in [4.78, 5) is 23.3. The first-order chi connectivity index (χ1) is 11.5. The molecule has 8 heteroatoms. The maximum absolute atomic E-state index is 11.9. The Labute approximate surface area is 141 Å². The van der Waals surface area contributed by atoms with Crippen molar-refractivity contribution in [1.29, 1.82) is 0 Å². The molecule has 1 aromatic carbocycles. The second-order valence-corrected chi connectivity index (χ2v) is 4.71. The number of hydrogen-bond donors (Lipinski definition) is 1. The molecule has 0 saturated heterocycles. The second-order valence-electron chi connectivity index (χ2n) is 4.71. The molecular weight excluding hydrogens is 318 g/mol. The minimum absolute atomic E-state index is 0.0257. The van der Waals surface area contributed by atoms with Gasteiger partial charge in [0.15, 0.2) is 18.1 Å². The van der Waals surface area contributed by atoms with Gasteiger partial charge in [0.25, 0.3) is 5.91 Å². The smallest absolute Gasteiger partial charge is 0.310 e. The summed E-state index contributed by atoms with van der Waals surface area (Å²) in [5.41, 5.74) is 0.620. The highest BCUT2D eigenvalue weighted by Gasteiger charge is 2.16. The molecule has 134 valence electrons. The number of ether oxygens (including phenoxy) is 5. The van der Waals surface area contributed by atoms with Gasteiger partial charge in [0.05, 0.1) is 34.4 Å². The maximum Gasteiger partial charge on any atom is 0.310 e. The van der Waals surface area contributed by atoms with Crippen molar-refractivity contribution in [2.75, 3.05) is 48.2 Å². The van der Waals surface area contributed by atoms with Crippen LogP contribution < -0.4 is 19.5 Å². The monoisotopic (exact) mass is 341 g/mol. The number of nitrogens with one attached hydrogen (secondary N) is 1. The molecule has 0 aliphatic rings. The molecule has 0 saturated carbocycles. The van der Waals surface area contributed by atoms with Crippen molar-refractivity contribution >= 4 is 11.9 Å². The third kappa shape index (κ3) is 5.96. The van der Waals surface area contributed by atoms with Crippen molar-refractivity contribution in [3.8, 4) is 17.2 Å². The van der Waals surface area contributed by atoms with E-state index >= 15 is 0 Å². The lowest BCUT2D eigenvalue weighted by atomic mass is 10.1. The van der Waals surface area contributed by atoms with E-state index in [1.54, 1.807) is 12.1 Å². The van der Waals surface area contributed by atoms with Gasteiger partial charge in [-0.2, -0.15) is 0 Å². The number of carbonyl (C=O) groups excluding carboxylic acids is 2. The molecular formula is C16H23NO7. The summed E-state index contributed by atoms with van der Waals surface area (Å²) in [5, 5.41) is 2.56. The normalized spacial score (nSPS) is 10.0. The molecule has 0 unspecified atom stereocenters. The predicted octanol–water partition coefficient (Wildman–Crippen LogP) is 0.561. The number of methoxy groups -OCH3 is 4. The van der Waals surface area contributed by atoms with Crippen LogP contribution in [-0.2, 0) is 25.5 Å². The zero-order valence-corrected chi connectivity index (χ0v) is 14.3. The summed E-state index contributed by atoms with van der Waals surface area (Å²) in [7, 11) is 6.01. The molecule has 8 nitrogen and oxygen atoms in total. The first-order valence-electron chi connectivity index (χ1n) is 7.25. The Morgan fingerprint density at radius 2 is 1.62 bits per heavy atom. The standard InChI is InChI=1S/C16H23NO7/c1-20-6-5-17-14(18)10-24-15(19)9-11-7-12(21-2)16(23-4)13(8-11)22-3/h7-8H,5-6,9-10H2,1-4H3,(H,17,18). The fourth-order valence-electron chi connectivity index (χ4n) is 1.94. The van der Waals surface area contributed by atoms with Crippen LogP contribution in [0.3, 0.4) is 0 Å². The number of rotatable bonds is 10. The molecule has 0 bridgehead atoms. The van der Waals surface area contributed by atoms with Crippen molar-refractivity contribution < 1.29 is 33.3 Å². The van der Waals surface area contributed by atoms with Gasteiger partial charge in [-0.25, -0.2) is 0 Å². The van der Waals surface area contributed by atoms with Crippen LogP contribution in [-0.4, -0.2) is 60.1 Å². The SMILES string of the molecule is COCCNC(=O)COC(=O)Cc1cc(OC)c(OC)c(OC)c1. The van der Waals surface area contributed by atoms with Crippen LogP contribution in [0.1, 0.15) is 5.56 Å². The van der Waals surface area contributed by atoms with E-state index in [2.05, 4.69) is 5.32 Å². The zero-order chi connectivity index (χ0) is 17.9. The number of hydrogen-bond acceptors (Lipinski definition) is 7. The summed E-state index contributed by atoms with van der Waals surface area (Å²) in [6.45, 7) is 0.415. The van der Waals surface area contributed by atoms with Crippen LogP contribution >= 0.6 is 0 Å². The highest BCUT2D eigenvalue weighted by Crippen LogP contribution is 2.38. The average Bonchev–Trinajstić information content (AvgIpc) is 2.59. The van der Waals surface area contributed by atoms with Gasteiger partial charge in [-0.3, -0.25) is 9.59 Å². The van der Waals surface area contributed by atoms with Crippen LogP contribution in [0.25, 0.3) is 0 Å². The summed E-state index contributed by atoms with van der Waals surface area (Å²) < 4.78 is 25.4. The van der Waals surface area contributed by atoms with Gasteiger partial charge in [-0.1, -0.05) is 0 Å². The summed E-state index contributed by atoms with van der Waals surface area (Å²) in [6, 6.07) is 3.31. The second kappa shape index (κ2) is 10.3. The maximum atomic E-state index is 11.9. The first kappa shape index (κ1) is 19.6. The van der Waals surface area contributed by atoms with Gasteiger partial charge in [0.2, 0.25) is 5.75 Å². The molecule has 24 heavy (non-hydrogen) atoms. The van der Waals surface area contributed by atoms with Crippen molar-refractivity contribution in [2.45, 2.75) is 6.42 Å². The highest BCUT2D eigenvalue weighted by molar-refractivity contribution is 5.81. The van der Waals surface area contributed by atoms with E-state index in [-0.39, 0.29) is 18.9 Å². The van der Waals surface area contributed by atoms with E-state index < -0.39 is 5.97 Å². The molecule has 0 atom stereocenters. The van der Waals surface area contributed by atoms with Gasteiger partial charge in [0, 0.05) is 13.7 Å². The van der Waals surface area contributed by atoms with Gasteiger partial charge in [-0.05, 0) is 17.7 Å². The lowest BCUT2D eigenvalue weighted by Gasteiger charge is -2.14. The zero-order valence-electron chi connectivity index (χ0n) is 14.3. The Hall–Kier alpha value is -2.48. The molecule has 0 aromatic heterocycles. The predicted molar refractivity (Wildman–Crippen MR) is 85.6 cm³/mol. The van der Waals surface area contributed by atoms with Gasteiger partial charge < -0.3 is 29.0 Å². The minimum atomic E-state index is -0.536. The molecule has 0 fully saturated rings. The number of benzene rings is 1. The molecule has 1 aromatic rings. The third-order valence-corrected chi connectivity index (χ3v) is 3.07. The van der Waals surface area contributed by atoms with Crippen LogP contribution in [0.4, 0.5) is 0 Å². The topological polar surface area (TPSA) is 92.3 Å². The van der Waals surface area contributed by atoms with Gasteiger partial charge in [-0.15, -0.1) is 0 Å². The summed E-state index contributed by atoms with van der Waals surface area (Å²) >= 11 is 0. The van der Waals surface area contributed by atoms with E-state index in [9.17, 15) is 9.59 Å². The van der Waals surface area contributed by atoms with E-state index in [1.165, 1.54) is 28.4 Å². The van der Waals surface area contributed by atoms with Crippen LogP contribution in [0.2, 0.25) is 0 Å². The highest BCUT2D eigenvalue weighted by atomic mass is 16.5. The van der Waals surface area contributed by atoms with E-state index in [4.69, 9.17) is 23.7 Å². The Kier molecular flexibility index (Phi) is 8.42. The molecule has 0 aliphatic heterocycles. The third-order valence-electron chi connectivity index (χ3n) is 3.07. The van der Waals surface area contributed by atoms with Crippen LogP contribution in [0.5, 0.6) is 17.2 Å². The number of amides is 1. The lowest BCUT2D eigenvalue weighted by molar-refractivity contribution is -0.147.